The summed E-state index contributed by atoms with van der Waals surface area (Å²) in [5.41, 5.74) is 1.81. The number of hydrogen-bond donors (Lipinski definition) is 1. The van der Waals surface area contributed by atoms with E-state index in [9.17, 15) is 5.11 Å². The van der Waals surface area contributed by atoms with E-state index in [0.717, 1.165) is 16.9 Å². The summed E-state index contributed by atoms with van der Waals surface area (Å²) >= 11 is 1.65. The Morgan fingerprint density at radius 2 is 1.94 bits per heavy atom. The standard InChI is InChI=1S/C15H18O2S/c1-10(2)17-14-6-4-5-12(8-14)15(16)13-7-11(3)18-9-13/h4-10,15-16H,1-3H3. The van der Waals surface area contributed by atoms with Gasteiger partial charge in [0.05, 0.1) is 6.10 Å². The number of aryl methyl sites for hydroxylation is 1. The Morgan fingerprint density at radius 3 is 2.56 bits per heavy atom. The number of benzene rings is 1. The monoisotopic (exact) mass is 262 g/mol. The second-order valence-corrected chi connectivity index (χ2v) is 5.75. The lowest BCUT2D eigenvalue weighted by Gasteiger charge is -2.13. The van der Waals surface area contributed by atoms with Crippen molar-refractivity contribution in [1.82, 2.24) is 0 Å². The summed E-state index contributed by atoms with van der Waals surface area (Å²) in [5, 5.41) is 12.3. The fourth-order valence-corrected chi connectivity index (χ4v) is 2.55. The van der Waals surface area contributed by atoms with E-state index in [0.29, 0.717) is 0 Å². The van der Waals surface area contributed by atoms with Gasteiger partial charge in [0.25, 0.3) is 0 Å². The molecule has 0 saturated heterocycles. The molecule has 0 fully saturated rings. The van der Waals surface area contributed by atoms with E-state index in [2.05, 4.69) is 0 Å². The van der Waals surface area contributed by atoms with Crippen LogP contribution in [0.1, 0.15) is 36.0 Å². The highest BCUT2D eigenvalue weighted by Crippen LogP contribution is 2.28. The fourth-order valence-electron chi connectivity index (χ4n) is 1.83. The molecule has 1 unspecified atom stereocenters. The number of aliphatic hydroxyl groups excluding tert-OH is 1. The molecule has 1 atom stereocenters. The van der Waals surface area contributed by atoms with Gasteiger partial charge in [0, 0.05) is 4.88 Å². The maximum absolute atomic E-state index is 10.3. The molecule has 0 radical (unpaired) electrons. The van der Waals surface area contributed by atoms with Crippen molar-refractivity contribution in [2.75, 3.05) is 0 Å². The smallest absolute Gasteiger partial charge is 0.120 e. The lowest BCUT2D eigenvalue weighted by molar-refractivity contribution is 0.217. The Labute approximate surface area is 112 Å². The van der Waals surface area contributed by atoms with Gasteiger partial charge in [-0.1, -0.05) is 12.1 Å². The molecule has 1 N–H and O–H groups in total. The first kappa shape index (κ1) is 13.1. The number of thiophene rings is 1. The van der Waals surface area contributed by atoms with E-state index in [4.69, 9.17) is 4.74 Å². The first-order valence-corrected chi connectivity index (χ1v) is 6.94. The predicted molar refractivity (Wildman–Crippen MR) is 75.3 cm³/mol. The molecule has 18 heavy (non-hydrogen) atoms. The average molecular weight is 262 g/mol. The maximum Gasteiger partial charge on any atom is 0.120 e. The Morgan fingerprint density at radius 1 is 1.17 bits per heavy atom. The number of aliphatic hydroxyl groups is 1. The van der Waals surface area contributed by atoms with Gasteiger partial charge in [-0.05, 0) is 55.5 Å². The van der Waals surface area contributed by atoms with Crippen LogP contribution in [-0.4, -0.2) is 11.2 Å². The molecule has 0 amide bonds. The van der Waals surface area contributed by atoms with Gasteiger partial charge in [-0.2, -0.15) is 0 Å². The van der Waals surface area contributed by atoms with Crippen molar-refractivity contribution in [1.29, 1.82) is 0 Å². The van der Waals surface area contributed by atoms with Crippen LogP contribution in [0, 0.1) is 6.92 Å². The molecule has 0 saturated carbocycles. The van der Waals surface area contributed by atoms with Crippen LogP contribution in [0.3, 0.4) is 0 Å². The van der Waals surface area contributed by atoms with Gasteiger partial charge in [-0.15, -0.1) is 11.3 Å². The van der Waals surface area contributed by atoms with Crippen LogP contribution >= 0.6 is 11.3 Å². The van der Waals surface area contributed by atoms with E-state index in [1.165, 1.54) is 4.88 Å². The molecule has 0 aliphatic heterocycles. The van der Waals surface area contributed by atoms with Crippen LogP contribution in [0.25, 0.3) is 0 Å². The van der Waals surface area contributed by atoms with Crippen LogP contribution < -0.4 is 4.74 Å². The second-order valence-electron chi connectivity index (χ2n) is 4.63. The Balaban J connectivity index is 2.22. The van der Waals surface area contributed by atoms with Crippen molar-refractivity contribution < 1.29 is 9.84 Å². The zero-order chi connectivity index (χ0) is 13.1. The van der Waals surface area contributed by atoms with Gasteiger partial charge >= 0.3 is 0 Å². The molecule has 1 aromatic carbocycles. The molecule has 2 aromatic rings. The highest BCUT2D eigenvalue weighted by atomic mass is 32.1. The minimum absolute atomic E-state index is 0.140. The molecular formula is C15H18O2S. The van der Waals surface area contributed by atoms with Crippen molar-refractivity contribution in [2.45, 2.75) is 33.0 Å². The van der Waals surface area contributed by atoms with Crippen LogP contribution in [0.4, 0.5) is 0 Å². The molecule has 96 valence electrons. The fraction of sp³-hybridized carbons (Fsp3) is 0.333. The van der Waals surface area contributed by atoms with Crippen LogP contribution in [0.15, 0.2) is 35.7 Å². The van der Waals surface area contributed by atoms with Gasteiger partial charge in [0.1, 0.15) is 11.9 Å². The summed E-state index contributed by atoms with van der Waals surface area (Å²) in [5.74, 6) is 0.800. The van der Waals surface area contributed by atoms with Crippen molar-refractivity contribution in [3.8, 4) is 5.75 Å². The first-order valence-electron chi connectivity index (χ1n) is 6.06. The van der Waals surface area contributed by atoms with E-state index >= 15 is 0 Å². The summed E-state index contributed by atoms with van der Waals surface area (Å²) in [6.07, 6.45) is -0.438. The minimum Gasteiger partial charge on any atom is -0.491 e. The summed E-state index contributed by atoms with van der Waals surface area (Å²) in [6, 6.07) is 9.67. The molecule has 3 heteroatoms. The highest BCUT2D eigenvalue weighted by molar-refractivity contribution is 7.10. The van der Waals surface area contributed by atoms with E-state index in [-0.39, 0.29) is 6.10 Å². The number of ether oxygens (including phenoxy) is 1. The van der Waals surface area contributed by atoms with Crippen molar-refractivity contribution >= 4 is 11.3 Å². The highest BCUT2D eigenvalue weighted by Gasteiger charge is 2.12. The number of rotatable bonds is 4. The van der Waals surface area contributed by atoms with Crippen molar-refractivity contribution in [2.24, 2.45) is 0 Å². The lowest BCUT2D eigenvalue weighted by atomic mass is 10.0. The molecule has 0 aliphatic carbocycles. The minimum atomic E-state index is -0.578. The Kier molecular flexibility index (Phi) is 4.04. The van der Waals surface area contributed by atoms with Crippen LogP contribution in [0.2, 0.25) is 0 Å². The molecule has 2 rings (SSSR count). The Bertz CT molecular complexity index is 517. The van der Waals surface area contributed by atoms with Gasteiger partial charge in [-0.25, -0.2) is 0 Å². The number of hydrogen-bond acceptors (Lipinski definition) is 3. The normalized spacial score (nSPS) is 12.7. The SMILES string of the molecule is Cc1cc(C(O)c2cccc(OC(C)C)c2)cs1. The predicted octanol–water partition coefficient (Wildman–Crippen LogP) is 3.93. The Hall–Kier alpha value is -1.32. The van der Waals surface area contributed by atoms with Crippen molar-refractivity contribution in [3.63, 3.8) is 0 Å². The third kappa shape index (κ3) is 3.12. The van der Waals surface area contributed by atoms with Crippen LogP contribution in [0.5, 0.6) is 5.75 Å². The van der Waals surface area contributed by atoms with Crippen LogP contribution in [-0.2, 0) is 0 Å². The molecule has 2 nitrogen and oxygen atoms in total. The van der Waals surface area contributed by atoms with Gasteiger partial charge < -0.3 is 9.84 Å². The summed E-state index contributed by atoms with van der Waals surface area (Å²) < 4.78 is 5.64. The zero-order valence-electron chi connectivity index (χ0n) is 10.9. The zero-order valence-corrected chi connectivity index (χ0v) is 11.7. The summed E-state index contributed by atoms with van der Waals surface area (Å²) in [6.45, 7) is 6.02. The van der Waals surface area contributed by atoms with Gasteiger partial charge in [-0.3, -0.25) is 0 Å². The molecule has 0 aliphatic rings. The first-order chi connectivity index (χ1) is 8.56. The molecule has 1 heterocycles. The third-order valence-electron chi connectivity index (χ3n) is 2.61. The average Bonchev–Trinajstić information content (AvgIpc) is 2.74. The van der Waals surface area contributed by atoms with Gasteiger partial charge in [0.15, 0.2) is 0 Å². The quantitative estimate of drug-likeness (QED) is 0.904. The largest absolute Gasteiger partial charge is 0.491 e. The van der Waals surface area contributed by atoms with Gasteiger partial charge in [0.2, 0.25) is 0 Å². The molecule has 0 spiro atoms. The van der Waals surface area contributed by atoms with E-state index < -0.39 is 6.10 Å². The van der Waals surface area contributed by atoms with E-state index in [1.807, 2.05) is 56.5 Å². The van der Waals surface area contributed by atoms with E-state index in [1.54, 1.807) is 11.3 Å². The topological polar surface area (TPSA) is 29.5 Å². The third-order valence-corrected chi connectivity index (χ3v) is 3.49. The summed E-state index contributed by atoms with van der Waals surface area (Å²) in [4.78, 5) is 1.21. The van der Waals surface area contributed by atoms with Crippen molar-refractivity contribution in [3.05, 3.63) is 51.7 Å². The second kappa shape index (κ2) is 5.55. The maximum atomic E-state index is 10.3. The molecule has 1 aromatic heterocycles. The lowest BCUT2D eigenvalue weighted by Crippen LogP contribution is -2.06. The summed E-state index contributed by atoms with van der Waals surface area (Å²) in [7, 11) is 0. The molecule has 0 bridgehead atoms. The molecular weight excluding hydrogens is 244 g/mol.